The summed E-state index contributed by atoms with van der Waals surface area (Å²) in [7, 11) is 4.15. The first-order valence-corrected chi connectivity index (χ1v) is 9.50. The Morgan fingerprint density at radius 2 is 0.867 bits per heavy atom. The highest BCUT2D eigenvalue weighted by Gasteiger charge is 2.20. The molecule has 30 heavy (non-hydrogen) atoms. The molecule has 6 heteroatoms. The Balaban J connectivity index is 0.00000109. The van der Waals surface area contributed by atoms with E-state index in [1.165, 1.54) is 43.6 Å². The maximum absolute atomic E-state index is 2.36. The molecule has 0 bridgehead atoms. The highest BCUT2D eigenvalue weighted by Crippen LogP contribution is 2.33. The first-order valence-electron chi connectivity index (χ1n) is 9.50. The van der Waals surface area contributed by atoms with E-state index in [1.54, 1.807) is 0 Å². The summed E-state index contributed by atoms with van der Waals surface area (Å²) in [5.74, 6) is 0. The molecule has 0 N–H and O–H groups in total. The molecule has 4 aromatic heterocycles. The molecule has 0 saturated carbocycles. The summed E-state index contributed by atoms with van der Waals surface area (Å²) in [6.45, 7) is 0. The molecule has 4 nitrogen and oxygen atoms in total. The SMILES string of the molecule is C[n+]1ccc2c3ccccc3n(-n3c4ccccc4c4cc[n+](C)cc43)c2c1.[I-].[I-]. The van der Waals surface area contributed by atoms with Crippen molar-refractivity contribution >= 4 is 43.6 Å². The second-order valence-electron chi connectivity index (χ2n) is 7.48. The average molecular weight is 618 g/mol. The van der Waals surface area contributed by atoms with Crippen molar-refractivity contribution in [2.75, 3.05) is 0 Å². The predicted octanol–water partition coefficient (Wildman–Crippen LogP) is -2.13. The van der Waals surface area contributed by atoms with Gasteiger partial charge < -0.3 is 48.0 Å². The van der Waals surface area contributed by atoms with Gasteiger partial charge in [0.15, 0.2) is 24.8 Å². The maximum Gasteiger partial charge on any atom is 0.195 e. The van der Waals surface area contributed by atoms with Crippen molar-refractivity contribution in [2.24, 2.45) is 14.1 Å². The van der Waals surface area contributed by atoms with Gasteiger partial charge >= 0.3 is 0 Å². The fourth-order valence-corrected chi connectivity index (χ4v) is 4.42. The number of benzene rings is 2. The van der Waals surface area contributed by atoms with Crippen LogP contribution in [-0.4, -0.2) is 9.35 Å². The van der Waals surface area contributed by atoms with E-state index in [0.717, 1.165) is 0 Å². The van der Waals surface area contributed by atoms with Gasteiger partial charge in [0.25, 0.3) is 0 Å². The van der Waals surface area contributed by atoms with Gasteiger partial charge in [0.1, 0.15) is 25.1 Å². The Morgan fingerprint density at radius 1 is 0.500 bits per heavy atom. The topological polar surface area (TPSA) is 17.6 Å². The first kappa shape index (κ1) is 21.0. The van der Waals surface area contributed by atoms with Gasteiger partial charge in [-0.25, -0.2) is 18.5 Å². The number of halogens is 2. The second-order valence-corrected chi connectivity index (χ2v) is 7.48. The molecule has 150 valence electrons. The average Bonchev–Trinajstić information content (AvgIpc) is 3.19. The molecule has 0 radical (unpaired) electrons. The van der Waals surface area contributed by atoms with Crippen molar-refractivity contribution in [3.63, 3.8) is 0 Å². The summed E-state index contributed by atoms with van der Waals surface area (Å²) in [4.78, 5) is 0. The third kappa shape index (κ3) is 2.91. The number of nitrogens with zero attached hydrogens (tertiary/aromatic N) is 4. The summed E-state index contributed by atoms with van der Waals surface area (Å²) >= 11 is 0. The smallest absolute Gasteiger partial charge is 0.195 e. The summed E-state index contributed by atoms with van der Waals surface area (Å²) in [6.07, 6.45) is 8.65. The van der Waals surface area contributed by atoms with Crippen LogP contribution in [0.3, 0.4) is 0 Å². The summed E-state index contributed by atoms with van der Waals surface area (Å²) in [5, 5.41) is 5.06. The van der Waals surface area contributed by atoms with Crippen LogP contribution in [0.1, 0.15) is 0 Å². The van der Waals surface area contributed by atoms with E-state index in [0.29, 0.717) is 0 Å². The molecule has 0 amide bonds. The number of pyridine rings is 2. The van der Waals surface area contributed by atoms with Crippen molar-refractivity contribution in [3.05, 3.63) is 85.5 Å². The van der Waals surface area contributed by atoms with Crippen molar-refractivity contribution in [2.45, 2.75) is 0 Å². The molecule has 4 heterocycles. The molecular weight excluding hydrogens is 598 g/mol. The number of para-hydroxylation sites is 2. The lowest BCUT2D eigenvalue weighted by atomic mass is 10.2. The fraction of sp³-hybridized carbons (Fsp3) is 0.0833. The van der Waals surface area contributed by atoms with Gasteiger partial charge in [0, 0.05) is 33.7 Å². The Kier molecular flexibility index (Phi) is 5.48. The molecule has 6 aromatic rings. The zero-order valence-corrected chi connectivity index (χ0v) is 20.9. The first-order chi connectivity index (χ1) is 13.7. The minimum atomic E-state index is 0. The highest BCUT2D eigenvalue weighted by atomic mass is 127. The van der Waals surface area contributed by atoms with Gasteiger partial charge in [-0.3, -0.25) is 0 Å². The Bertz CT molecular complexity index is 1430. The third-order valence-electron chi connectivity index (χ3n) is 5.66. The molecular formula is C24H20I2N4. The molecule has 0 unspecified atom stereocenters. The van der Waals surface area contributed by atoms with Crippen LogP contribution in [0.15, 0.2) is 85.5 Å². The lowest BCUT2D eigenvalue weighted by Crippen LogP contribution is -3.00. The molecule has 0 fully saturated rings. The Morgan fingerprint density at radius 3 is 1.30 bits per heavy atom. The summed E-state index contributed by atoms with van der Waals surface area (Å²) in [6, 6.07) is 21.7. The van der Waals surface area contributed by atoms with Crippen molar-refractivity contribution in [3.8, 4) is 0 Å². The molecule has 0 saturated heterocycles. The molecule has 0 atom stereocenters. The molecule has 0 aliphatic carbocycles. The molecule has 0 aliphatic rings. The summed E-state index contributed by atoms with van der Waals surface area (Å²) < 4.78 is 8.95. The van der Waals surface area contributed by atoms with Gasteiger partial charge in [-0.2, -0.15) is 0 Å². The van der Waals surface area contributed by atoms with Crippen LogP contribution in [0.5, 0.6) is 0 Å². The van der Waals surface area contributed by atoms with E-state index in [9.17, 15) is 0 Å². The van der Waals surface area contributed by atoms with Gasteiger partial charge in [0.2, 0.25) is 0 Å². The number of aryl methyl sites for hydroxylation is 2. The summed E-state index contributed by atoms with van der Waals surface area (Å²) in [5.41, 5.74) is 4.80. The maximum atomic E-state index is 2.36. The highest BCUT2D eigenvalue weighted by molar-refractivity contribution is 6.11. The predicted molar refractivity (Wildman–Crippen MR) is 112 cm³/mol. The van der Waals surface area contributed by atoms with Gasteiger partial charge in [-0.1, -0.05) is 36.4 Å². The van der Waals surface area contributed by atoms with E-state index >= 15 is 0 Å². The molecule has 2 aromatic carbocycles. The third-order valence-corrected chi connectivity index (χ3v) is 5.66. The largest absolute Gasteiger partial charge is 1.00 e. The Hall–Kier alpha value is -2.20. The number of rotatable bonds is 1. The van der Waals surface area contributed by atoms with Gasteiger partial charge in [0.05, 0.1) is 11.0 Å². The van der Waals surface area contributed by atoms with E-state index in [1.807, 2.05) is 0 Å². The minimum absolute atomic E-state index is 0. The fourth-order valence-electron chi connectivity index (χ4n) is 4.42. The zero-order chi connectivity index (χ0) is 18.8. The van der Waals surface area contributed by atoms with Crippen molar-refractivity contribution in [1.82, 2.24) is 9.35 Å². The van der Waals surface area contributed by atoms with E-state index in [-0.39, 0.29) is 48.0 Å². The standard InChI is InChI=1S/C24H20N4.2HI/c1-25-13-11-19-17-7-3-5-9-21(17)27(23(19)15-25)28-22-10-6-4-8-18(22)20-12-14-26(2)16-24(20)28;;/h3-16H,1-2H3;2*1H/q+2;;/p-2. The number of hydrogen-bond donors (Lipinski definition) is 0. The normalized spacial score (nSPS) is 11.1. The van der Waals surface area contributed by atoms with Crippen LogP contribution in [0.4, 0.5) is 0 Å². The van der Waals surface area contributed by atoms with Gasteiger partial charge in [-0.15, -0.1) is 0 Å². The van der Waals surface area contributed by atoms with Crippen LogP contribution in [0.25, 0.3) is 43.6 Å². The Labute approximate surface area is 208 Å². The van der Waals surface area contributed by atoms with Crippen LogP contribution < -0.4 is 57.1 Å². The van der Waals surface area contributed by atoms with E-state index in [4.69, 9.17) is 0 Å². The zero-order valence-electron chi connectivity index (χ0n) is 16.6. The van der Waals surface area contributed by atoms with E-state index < -0.39 is 0 Å². The van der Waals surface area contributed by atoms with Crippen LogP contribution in [0, 0.1) is 0 Å². The van der Waals surface area contributed by atoms with Gasteiger partial charge in [-0.05, 0) is 12.1 Å². The monoisotopic (exact) mass is 618 g/mol. The van der Waals surface area contributed by atoms with E-state index in [2.05, 4.69) is 118 Å². The number of hydrogen-bond acceptors (Lipinski definition) is 0. The van der Waals surface area contributed by atoms with Crippen molar-refractivity contribution < 1.29 is 57.1 Å². The lowest BCUT2D eigenvalue weighted by molar-refractivity contribution is -0.670. The van der Waals surface area contributed by atoms with Crippen LogP contribution in [-0.2, 0) is 14.1 Å². The quantitative estimate of drug-likeness (QED) is 0.148. The number of aromatic nitrogens is 4. The molecule has 6 rings (SSSR count). The van der Waals surface area contributed by atoms with Crippen LogP contribution >= 0.6 is 0 Å². The molecule has 0 spiro atoms. The second kappa shape index (κ2) is 7.81. The number of fused-ring (bicyclic) bond motifs is 6. The van der Waals surface area contributed by atoms with Crippen molar-refractivity contribution in [1.29, 1.82) is 0 Å². The molecule has 0 aliphatic heterocycles. The minimum Gasteiger partial charge on any atom is -1.00 e. The lowest BCUT2D eigenvalue weighted by Gasteiger charge is -2.11. The van der Waals surface area contributed by atoms with Crippen LogP contribution in [0.2, 0.25) is 0 Å².